The number of benzene rings is 1. The van der Waals surface area contributed by atoms with Crippen LogP contribution in [0.5, 0.6) is 0 Å². The lowest BCUT2D eigenvalue weighted by molar-refractivity contribution is -0.132. The van der Waals surface area contributed by atoms with Crippen molar-refractivity contribution in [1.82, 2.24) is 9.80 Å². The number of carbonyl (C=O) groups excluding carboxylic acids is 1. The monoisotopic (exact) mass is 308 g/mol. The molecule has 4 heteroatoms. The Labute approximate surface area is 132 Å². The lowest BCUT2D eigenvalue weighted by Gasteiger charge is -2.36. The van der Waals surface area contributed by atoms with Crippen molar-refractivity contribution in [1.29, 1.82) is 0 Å². The summed E-state index contributed by atoms with van der Waals surface area (Å²) in [5, 5.41) is 0.741. The van der Waals surface area contributed by atoms with E-state index in [-0.39, 0.29) is 5.91 Å². The van der Waals surface area contributed by atoms with Crippen molar-refractivity contribution in [3.63, 3.8) is 0 Å². The molecular formula is C17H25ClN2O. The van der Waals surface area contributed by atoms with Crippen LogP contribution in [-0.2, 0) is 11.2 Å². The molecule has 116 valence electrons. The van der Waals surface area contributed by atoms with Gasteiger partial charge in [0.25, 0.3) is 0 Å². The average molecular weight is 309 g/mol. The van der Waals surface area contributed by atoms with Gasteiger partial charge in [-0.1, -0.05) is 30.7 Å². The first kappa shape index (κ1) is 16.3. The minimum Gasteiger partial charge on any atom is -0.343 e. The van der Waals surface area contributed by atoms with Crippen molar-refractivity contribution >= 4 is 17.5 Å². The zero-order valence-corrected chi connectivity index (χ0v) is 13.8. The van der Waals surface area contributed by atoms with Crippen LogP contribution in [0.1, 0.15) is 31.7 Å². The largest absolute Gasteiger partial charge is 0.343 e. The summed E-state index contributed by atoms with van der Waals surface area (Å²) in [7, 11) is 1.95. The second-order valence-corrected chi connectivity index (χ2v) is 6.23. The molecule has 1 aromatic rings. The molecule has 1 heterocycles. The summed E-state index contributed by atoms with van der Waals surface area (Å²) in [6, 6.07) is 8.16. The second kappa shape index (κ2) is 7.81. The van der Waals surface area contributed by atoms with E-state index >= 15 is 0 Å². The van der Waals surface area contributed by atoms with Crippen molar-refractivity contribution in [3.05, 3.63) is 34.9 Å². The van der Waals surface area contributed by atoms with Crippen LogP contribution in [0.3, 0.4) is 0 Å². The number of carbonyl (C=O) groups is 1. The van der Waals surface area contributed by atoms with Crippen LogP contribution >= 0.6 is 11.6 Å². The summed E-state index contributed by atoms with van der Waals surface area (Å²) in [5.41, 5.74) is 1.17. The molecule has 3 nitrogen and oxygen atoms in total. The molecule has 2 rings (SSSR count). The molecule has 1 amide bonds. The van der Waals surface area contributed by atoms with Crippen LogP contribution in [0.15, 0.2) is 24.3 Å². The minimum atomic E-state index is 0.250. The fourth-order valence-corrected chi connectivity index (χ4v) is 3.03. The zero-order valence-electron chi connectivity index (χ0n) is 13.0. The number of amides is 1. The highest BCUT2D eigenvalue weighted by Gasteiger charge is 2.24. The van der Waals surface area contributed by atoms with Crippen LogP contribution in [0.2, 0.25) is 5.02 Å². The Hall–Kier alpha value is -1.06. The Morgan fingerprint density at radius 3 is 2.48 bits per heavy atom. The van der Waals surface area contributed by atoms with E-state index in [1.54, 1.807) is 0 Å². The van der Waals surface area contributed by atoms with Gasteiger partial charge < -0.3 is 9.80 Å². The Bertz CT molecular complexity index is 452. The third kappa shape index (κ3) is 4.72. The molecule has 21 heavy (non-hydrogen) atoms. The predicted molar refractivity (Wildman–Crippen MR) is 87.7 cm³/mol. The second-order valence-electron chi connectivity index (χ2n) is 5.80. The van der Waals surface area contributed by atoms with Gasteiger partial charge in [0, 0.05) is 37.6 Å². The van der Waals surface area contributed by atoms with Crippen molar-refractivity contribution < 1.29 is 4.79 Å². The maximum Gasteiger partial charge on any atom is 0.222 e. The van der Waals surface area contributed by atoms with Crippen molar-refractivity contribution in [2.45, 2.75) is 38.6 Å². The molecule has 0 saturated carbocycles. The van der Waals surface area contributed by atoms with Gasteiger partial charge in [0.2, 0.25) is 5.91 Å². The minimum absolute atomic E-state index is 0.250. The molecule has 0 bridgehead atoms. The van der Waals surface area contributed by atoms with Crippen LogP contribution in [0, 0.1) is 0 Å². The van der Waals surface area contributed by atoms with Crippen molar-refractivity contribution in [2.24, 2.45) is 0 Å². The van der Waals surface area contributed by atoms with E-state index in [1.807, 2.05) is 36.2 Å². The number of aryl methyl sites for hydroxylation is 1. The number of hydrogen-bond acceptors (Lipinski definition) is 2. The van der Waals surface area contributed by atoms with E-state index in [1.165, 1.54) is 5.56 Å². The van der Waals surface area contributed by atoms with Gasteiger partial charge in [-0.15, -0.1) is 0 Å². The zero-order chi connectivity index (χ0) is 15.2. The molecule has 0 aliphatic carbocycles. The average Bonchev–Trinajstić information content (AvgIpc) is 2.53. The maximum atomic E-state index is 12.3. The number of nitrogens with zero attached hydrogens (tertiary/aromatic N) is 2. The summed E-state index contributed by atoms with van der Waals surface area (Å²) in [6.45, 7) is 5.52. The van der Waals surface area contributed by atoms with Gasteiger partial charge in [-0.3, -0.25) is 4.79 Å². The third-order valence-electron chi connectivity index (χ3n) is 4.49. The molecule has 1 aromatic carbocycles. The van der Waals surface area contributed by atoms with E-state index in [2.05, 4.69) is 11.8 Å². The fourth-order valence-electron chi connectivity index (χ4n) is 2.91. The Balaban J connectivity index is 1.78. The fraction of sp³-hybridized carbons (Fsp3) is 0.588. The van der Waals surface area contributed by atoms with Crippen LogP contribution < -0.4 is 0 Å². The Kier molecular flexibility index (Phi) is 6.07. The summed E-state index contributed by atoms with van der Waals surface area (Å²) < 4.78 is 0. The number of likely N-dealkylation sites (tertiary alicyclic amines) is 1. The van der Waals surface area contributed by atoms with E-state index < -0.39 is 0 Å². The molecule has 0 radical (unpaired) electrons. The molecule has 0 aromatic heterocycles. The molecule has 0 atom stereocenters. The van der Waals surface area contributed by atoms with Gasteiger partial charge in [-0.2, -0.15) is 0 Å². The van der Waals surface area contributed by atoms with Gasteiger partial charge in [0.1, 0.15) is 0 Å². The molecule has 1 fully saturated rings. The molecular weight excluding hydrogens is 284 g/mol. The first-order valence-corrected chi connectivity index (χ1v) is 8.20. The Morgan fingerprint density at radius 2 is 1.90 bits per heavy atom. The van der Waals surface area contributed by atoms with Crippen molar-refractivity contribution in [2.75, 3.05) is 26.7 Å². The van der Waals surface area contributed by atoms with E-state index in [4.69, 9.17) is 11.6 Å². The van der Waals surface area contributed by atoms with E-state index in [9.17, 15) is 4.79 Å². The topological polar surface area (TPSA) is 23.6 Å². The van der Waals surface area contributed by atoms with Crippen LogP contribution in [-0.4, -0.2) is 48.4 Å². The molecule has 1 saturated heterocycles. The maximum absolute atomic E-state index is 12.3. The number of halogens is 1. The van der Waals surface area contributed by atoms with Gasteiger partial charge in [-0.25, -0.2) is 0 Å². The molecule has 1 aliphatic heterocycles. The summed E-state index contributed by atoms with van der Waals surface area (Å²) in [6.07, 6.45) is 3.55. The van der Waals surface area contributed by atoms with Gasteiger partial charge in [0.15, 0.2) is 0 Å². The van der Waals surface area contributed by atoms with Crippen molar-refractivity contribution in [3.8, 4) is 0 Å². The highest BCUT2D eigenvalue weighted by Crippen LogP contribution is 2.17. The number of rotatable bonds is 5. The molecule has 0 spiro atoms. The third-order valence-corrected chi connectivity index (χ3v) is 4.74. The van der Waals surface area contributed by atoms with E-state index in [0.717, 1.165) is 43.9 Å². The standard InChI is InChI=1S/C17H25ClN2O/c1-3-20-12-10-16(11-13-20)19(2)17(21)9-6-14-4-7-15(18)8-5-14/h4-5,7-8,16H,3,6,9-13H2,1-2H3. The van der Waals surface area contributed by atoms with Crippen LogP contribution in [0.4, 0.5) is 0 Å². The summed E-state index contributed by atoms with van der Waals surface area (Å²) >= 11 is 5.87. The van der Waals surface area contributed by atoms with Gasteiger partial charge in [-0.05, 0) is 43.5 Å². The SMILES string of the molecule is CCN1CCC(N(C)C(=O)CCc2ccc(Cl)cc2)CC1. The highest BCUT2D eigenvalue weighted by atomic mass is 35.5. The summed E-state index contributed by atoms with van der Waals surface area (Å²) in [5.74, 6) is 0.250. The molecule has 0 N–H and O–H groups in total. The molecule has 1 aliphatic rings. The number of hydrogen-bond donors (Lipinski definition) is 0. The first-order valence-electron chi connectivity index (χ1n) is 7.82. The van der Waals surface area contributed by atoms with Gasteiger partial charge in [0.05, 0.1) is 0 Å². The first-order chi connectivity index (χ1) is 10.1. The highest BCUT2D eigenvalue weighted by molar-refractivity contribution is 6.30. The normalized spacial score (nSPS) is 16.9. The lowest BCUT2D eigenvalue weighted by atomic mass is 10.0. The molecule has 0 unspecified atom stereocenters. The van der Waals surface area contributed by atoms with Crippen LogP contribution in [0.25, 0.3) is 0 Å². The number of piperidine rings is 1. The quantitative estimate of drug-likeness (QED) is 0.834. The summed E-state index contributed by atoms with van der Waals surface area (Å²) in [4.78, 5) is 16.7. The smallest absolute Gasteiger partial charge is 0.222 e. The van der Waals surface area contributed by atoms with E-state index in [0.29, 0.717) is 12.5 Å². The van der Waals surface area contributed by atoms with Gasteiger partial charge >= 0.3 is 0 Å². The lowest BCUT2D eigenvalue weighted by Crippen LogP contribution is -2.45. The predicted octanol–water partition coefficient (Wildman–Crippen LogP) is 3.22. The Morgan fingerprint density at radius 1 is 1.29 bits per heavy atom.